The first-order chi connectivity index (χ1) is 9.04. The Labute approximate surface area is 115 Å². The molecule has 0 aliphatic carbocycles. The number of hydrogen-bond acceptors (Lipinski definition) is 3. The molecule has 3 nitrogen and oxygen atoms in total. The Kier molecular flexibility index (Phi) is 4.15. The van der Waals surface area contributed by atoms with E-state index in [9.17, 15) is 0 Å². The molecule has 0 bridgehead atoms. The SMILES string of the molecule is CCCNC(c1ccc(C)o1)c1c(C)oc(C)c1C. The van der Waals surface area contributed by atoms with Crippen molar-refractivity contribution in [2.45, 2.75) is 47.1 Å². The Morgan fingerprint density at radius 3 is 2.26 bits per heavy atom. The van der Waals surface area contributed by atoms with E-state index in [2.05, 4.69) is 19.2 Å². The summed E-state index contributed by atoms with van der Waals surface area (Å²) in [6.07, 6.45) is 1.09. The van der Waals surface area contributed by atoms with Crippen LogP contribution in [0.5, 0.6) is 0 Å². The average molecular weight is 261 g/mol. The van der Waals surface area contributed by atoms with Gasteiger partial charge < -0.3 is 14.2 Å². The maximum Gasteiger partial charge on any atom is 0.125 e. The smallest absolute Gasteiger partial charge is 0.125 e. The van der Waals surface area contributed by atoms with Gasteiger partial charge in [0.25, 0.3) is 0 Å². The minimum absolute atomic E-state index is 0.0751. The van der Waals surface area contributed by atoms with Gasteiger partial charge in [0.05, 0.1) is 6.04 Å². The van der Waals surface area contributed by atoms with Gasteiger partial charge in [-0.15, -0.1) is 0 Å². The molecule has 0 amide bonds. The largest absolute Gasteiger partial charge is 0.466 e. The van der Waals surface area contributed by atoms with Crippen molar-refractivity contribution in [3.8, 4) is 0 Å². The van der Waals surface area contributed by atoms with Crippen molar-refractivity contribution in [3.63, 3.8) is 0 Å². The van der Waals surface area contributed by atoms with E-state index in [4.69, 9.17) is 8.83 Å². The summed E-state index contributed by atoms with van der Waals surface area (Å²) in [5.74, 6) is 3.85. The van der Waals surface area contributed by atoms with Gasteiger partial charge in [-0.1, -0.05) is 6.92 Å². The molecule has 2 rings (SSSR count). The molecule has 0 aliphatic rings. The van der Waals surface area contributed by atoms with E-state index in [0.717, 1.165) is 36.0 Å². The maximum absolute atomic E-state index is 5.81. The van der Waals surface area contributed by atoms with Crippen molar-refractivity contribution in [1.82, 2.24) is 5.32 Å². The van der Waals surface area contributed by atoms with Gasteiger partial charge in [-0.2, -0.15) is 0 Å². The second-order valence-corrected chi connectivity index (χ2v) is 5.09. The monoisotopic (exact) mass is 261 g/mol. The molecule has 2 aromatic heterocycles. The molecule has 1 unspecified atom stereocenters. The number of nitrogens with one attached hydrogen (secondary N) is 1. The predicted molar refractivity (Wildman–Crippen MR) is 76.5 cm³/mol. The van der Waals surface area contributed by atoms with Gasteiger partial charge >= 0.3 is 0 Å². The molecule has 2 heterocycles. The van der Waals surface area contributed by atoms with Crippen molar-refractivity contribution >= 4 is 0 Å². The summed E-state index contributed by atoms with van der Waals surface area (Å²) >= 11 is 0. The van der Waals surface area contributed by atoms with Gasteiger partial charge in [-0.25, -0.2) is 0 Å². The van der Waals surface area contributed by atoms with Gasteiger partial charge in [0.1, 0.15) is 23.0 Å². The maximum atomic E-state index is 5.81. The molecule has 1 atom stereocenters. The second-order valence-electron chi connectivity index (χ2n) is 5.09. The third-order valence-electron chi connectivity index (χ3n) is 3.55. The molecule has 1 N–H and O–H groups in total. The van der Waals surface area contributed by atoms with Crippen LogP contribution in [0.2, 0.25) is 0 Å². The molecule has 2 aromatic rings. The summed E-state index contributed by atoms with van der Waals surface area (Å²) in [6.45, 7) is 11.2. The lowest BCUT2D eigenvalue weighted by molar-refractivity contribution is 0.424. The van der Waals surface area contributed by atoms with Crippen molar-refractivity contribution in [2.24, 2.45) is 0 Å². The second kappa shape index (κ2) is 5.66. The molecule has 0 saturated carbocycles. The number of aryl methyl sites for hydroxylation is 3. The molecular formula is C16H23NO2. The molecule has 19 heavy (non-hydrogen) atoms. The van der Waals surface area contributed by atoms with E-state index in [1.165, 1.54) is 11.1 Å². The van der Waals surface area contributed by atoms with Crippen LogP contribution >= 0.6 is 0 Å². The van der Waals surface area contributed by atoms with Crippen LogP contribution in [0.1, 0.15) is 53.6 Å². The van der Waals surface area contributed by atoms with Gasteiger partial charge in [0, 0.05) is 5.56 Å². The fourth-order valence-corrected chi connectivity index (χ4v) is 2.48. The molecule has 0 radical (unpaired) electrons. The van der Waals surface area contributed by atoms with Crippen LogP contribution < -0.4 is 5.32 Å². The Morgan fingerprint density at radius 1 is 1.05 bits per heavy atom. The van der Waals surface area contributed by atoms with Gasteiger partial charge in [0.2, 0.25) is 0 Å². The van der Waals surface area contributed by atoms with Crippen LogP contribution in [0, 0.1) is 27.7 Å². The van der Waals surface area contributed by atoms with Gasteiger partial charge in [-0.05, 0) is 58.4 Å². The summed E-state index contributed by atoms with van der Waals surface area (Å²) in [6, 6.07) is 4.13. The summed E-state index contributed by atoms with van der Waals surface area (Å²) in [5, 5.41) is 3.56. The molecule has 3 heteroatoms. The Hall–Kier alpha value is -1.48. The van der Waals surface area contributed by atoms with Crippen LogP contribution in [0.15, 0.2) is 21.0 Å². The fourth-order valence-electron chi connectivity index (χ4n) is 2.48. The Balaban J connectivity index is 2.42. The highest BCUT2D eigenvalue weighted by Gasteiger charge is 2.24. The first-order valence-corrected chi connectivity index (χ1v) is 6.90. The van der Waals surface area contributed by atoms with E-state index >= 15 is 0 Å². The molecule has 0 fully saturated rings. The number of rotatable bonds is 5. The van der Waals surface area contributed by atoms with Gasteiger partial charge in [0.15, 0.2) is 0 Å². The van der Waals surface area contributed by atoms with Crippen molar-refractivity contribution < 1.29 is 8.83 Å². The zero-order valence-electron chi connectivity index (χ0n) is 12.5. The normalized spacial score (nSPS) is 12.9. The fraction of sp³-hybridized carbons (Fsp3) is 0.500. The highest BCUT2D eigenvalue weighted by molar-refractivity contribution is 5.38. The number of hydrogen-bond donors (Lipinski definition) is 1. The first kappa shape index (κ1) is 13.9. The Morgan fingerprint density at radius 2 is 1.79 bits per heavy atom. The quantitative estimate of drug-likeness (QED) is 0.876. The molecular weight excluding hydrogens is 238 g/mol. The highest BCUT2D eigenvalue weighted by atomic mass is 16.3. The lowest BCUT2D eigenvalue weighted by atomic mass is 10.00. The predicted octanol–water partition coefficient (Wildman–Crippen LogP) is 4.20. The molecule has 0 spiro atoms. The van der Waals surface area contributed by atoms with Crippen molar-refractivity contribution in [3.05, 3.63) is 46.3 Å². The van der Waals surface area contributed by atoms with Crippen LogP contribution in [-0.2, 0) is 0 Å². The third-order valence-corrected chi connectivity index (χ3v) is 3.55. The minimum atomic E-state index is 0.0751. The Bertz CT molecular complexity index is 551. The summed E-state index contributed by atoms with van der Waals surface area (Å²) in [4.78, 5) is 0. The van der Waals surface area contributed by atoms with Gasteiger partial charge in [-0.3, -0.25) is 0 Å². The molecule has 0 aromatic carbocycles. The van der Waals surface area contributed by atoms with Crippen LogP contribution in [0.25, 0.3) is 0 Å². The van der Waals surface area contributed by atoms with E-state index in [1.54, 1.807) is 0 Å². The first-order valence-electron chi connectivity index (χ1n) is 6.90. The summed E-state index contributed by atoms with van der Waals surface area (Å²) < 4.78 is 11.6. The summed E-state index contributed by atoms with van der Waals surface area (Å²) in [5.41, 5.74) is 2.42. The zero-order valence-corrected chi connectivity index (χ0v) is 12.5. The van der Waals surface area contributed by atoms with Crippen LogP contribution in [0.3, 0.4) is 0 Å². The van der Waals surface area contributed by atoms with Crippen molar-refractivity contribution in [1.29, 1.82) is 0 Å². The minimum Gasteiger partial charge on any atom is -0.466 e. The lowest BCUT2D eigenvalue weighted by Crippen LogP contribution is -2.23. The third kappa shape index (κ3) is 2.76. The van der Waals surface area contributed by atoms with E-state index in [0.29, 0.717) is 0 Å². The van der Waals surface area contributed by atoms with E-state index < -0.39 is 0 Å². The van der Waals surface area contributed by atoms with Crippen LogP contribution in [0.4, 0.5) is 0 Å². The average Bonchev–Trinajstić information content (AvgIpc) is 2.88. The summed E-state index contributed by atoms with van der Waals surface area (Å²) in [7, 11) is 0. The van der Waals surface area contributed by atoms with Crippen molar-refractivity contribution in [2.75, 3.05) is 6.54 Å². The van der Waals surface area contributed by atoms with E-state index in [1.807, 2.05) is 32.9 Å². The molecule has 104 valence electrons. The molecule has 0 saturated heterocycles. The zero-order chi connectivity index (χ0) is 14.0. The topological polar surface area (TPSA) is 38.3 Å². The number of furan rings is 2. The van der Waals surface area contributed by atoms with E-state index in [-0.39, 0.29) is 6.04 Å². The standard InChI is InChI=1S/C16H23NO2/c1-6-9-17-16(14-8-7-10(2)18-14)15-11(3)12(4)19-13(15)5/h7-8,16-17H,6,9H2,1-5H3. The van der Waals surface area contributed by atoms with Crippen LogP contribution in [-0.4, -0.2) is 6.54 Å². The highest BCUT2D eigenvalue weighted by Crippen LogP contribution is 2.32. The molecule has 0 aliphatic heterocycles. The lowest BCUT2D eigenvalue weighted by Gasteiger charge is -2.17.